The van der Waals surface area contributed by atoms with Gasteiger partial charge in [0.25, 0.3) is 0 Å². The molecular weight excluding hydrogens is 234 g/mol. The molecule has 2 heterocycles. The van der Waals surface area contributed by atoms with Gasteiger partial charge in [0.15, 0.2) is 0 Å². The van der Waals surface area contributed by atoms with E-state index in [0.29, 0.717) is 6.04 Å². The molecule has 3 unspecified atom stereocenters. The zero-order valence-electron chi connectivity index (χ0n) is 11.4. The number of piperidine rings is 1. The first kappa shape index (κ1) is 11.3. The number of fused-ring (bicyclic) bond motifs is 1. The molecule has 19 heavy (non-hydrogen) atoms. The van der Waals surface area contributed by atoms with Crippen molar-refractivity contribution in [1.29, 1.82) is 0 Å². The van der Waals surface area contributed by atoms with E-state index >= 15 is 0 Å². The number of allylic oxidation sites excluding steroid dienone is 2. The summed E-state index contributed by atoms with van der Waals surface area (Å²) in [5.41, 5.74) is 4.33. The highest BCUT2D eigenvalue weighted by Gasteiger charge is 2.54. The molecule has 1 spiro atoms. The van der Waals surface area contributed by atoms with E-state index in [2.05, 4.69) is 55.6 Å². The molecule has 1 aromatic rings. The van der Waals surface area contributed by atoms with Gasteiger partial charge in [0.2, 0.25) is 0 Å². The van der Waals surface area contributed by atoms with Gasteiger partial charge in [0.05, 0.1) is 5.41 Å². The summed E-state index contributed by atoms with van der Waals surface area (Å²) in [5.74, 6) is 1.08. The maximum absolute atomic E-state index is 6.24. The maximum Gasteiger partial charge on any atom is 0.131 e. The van der Waals surface area contributed by atoms with Crippen LogP contribution in [0.3, 0.4) is 0 Å². The van der Waals surface area contributed by atoms with Crippen LogP contribution >= 0.6 is 0 Å². The Balaban J connectivity index is 2.00. The Kier molecular flexibility index (Phi) is 2.22. The standard InChI is InChI=1S/C17H19NO/c1-11-5-3-7-14-16(11)17-9-10-18-12(2)13(17)6-4-8-15(17)19-14/h3-8,12,15,18H,9-10H2,1-2H3. The van der Waals surface area contributed by atoms with Crippen LogP contribution in [-0.4, -0.2) is 18.7 Å². The first-order chi connectivity index (χ1) is 9.23. The second kappa shape index (κ2) is 3.73. The van der Waals surface area contributed by atoms with Gasteiger partial charge in [-0.3, -0.25) is 0 Å². The number of benzene rings is 1. The van der Waals surface area contributed by atoms with Crippen LogP contribution < -0.4 is 10.1 Å². The minimum absolute atomic E-state index is 0.0695. The number of aryl methyl sites for hydroxylation is 1. The molecule has 1 aliphatic carbocycles. The second-order valence-corrected chi connectivity index (χ2v) is 5.89. The van der Waals surface area contributed by atoms with Crippen molar-refractivity contribution in [1.82, 2.24) is 5.32 Å². The molecule has 98 valence electrons. The monoisotopic (exact) mass is 253 g/mol. The molecule has 4 rings (SSSR count). The summed E-state index contributed by atoms with van der Waals surface area (Å²) in [7, 11) is 0. The highest BCUT2D eigenvalue weighted by Crippen LogP contribution is 2.54. The average Bonchev–Trinajstić information content (AvgIpc) is 2.73. The molecule has 3 atom stereocenters. The lowest BCUT2D eigenvalue weighted by atomic mass is 9.62. The van der Waals surface area contributed by atoms with Crippen molar-refractivity contribution < 1.29 is 4.74 Å². The van der Waals surface area contributed by atoms with Crippen LogP contribution in [0.15, 0.2) is 42.0 Å². The van der Waals surface area contributed by atoms with Crippen molar-refractivity contribution in [2.45, 2.75) is 37.8 Å². The molecule has 0 bridgehead atoms. The van der Waals surface area contributed by atoms with Crippen molar-refractivity contribution in [2.24, 2.45) is 0 Å². The molecule has 0 saturated carbocycles. The maximum atomic E-state index is 6.24. The largest absolute Gasteiger partial charge is 0.485 e. The van der Waals surface area contributed by atoms with Crippen LogP contribution in [-0.2, 0) is 5.41 Å². The van der Waals surface area contributed by atoms with E-state index in [1.54, 1.807) is 0 Å². The number of hydrogen-bond donors (Lipinski definition) is 1. The lowest BCUT2D eigenvalue weighted by Gasteiger charge is -2.44. The summed E-state index contributed by atoms with van der Waals surface area (Å²) < 4.78 is 6.24. The van der Waals surface area contributed by atoms with Crippen LogP contribution in [0, 0.1) is 6.92 Å². The van der Waals surface area contributed by atoms with Crippen LogP contribution in [0.2, 0.25) is 0 Å². The Morgan fingerprint density at radius 1 is 1.37 bits per heavy atom. The predicted molar refractivity (Wildman–Crippen MR) is 76.6 cm³/mol. The van der Waals surface area contributed by atoms with Gasteiger partial charge < -0.3 is 10.1 Å². The van der Waals surface area contributed by atoms with Crippen molar-refractivity contribution in [3.8, 4) is 5.75 Å². The van der Waals surface area contributed by atoms with Crippen LogP contribution in [0.5, 0.6) is 5.75 Å². The van der Waals surface area contributed by atoms with E-state index in [4.69, 9.17) is 4.74 Å². The van der Waals surface area contributed by atoms with Crippen molar-refractivity contribution in [3.05, 3.63) is 53.1 Å². The summed E-state index contributed by atoms with van der Waals surface area (Å²) in [6.45, 7) is 5.53. The minimum Gasteiger partial charge on any atom is -0.485 e. The first-order valence-electron chi connectivity index (χ1n) is 7.12. The normalized spacial score (nSPS) is 34.9. The third kappa shape index (κ3) is 1.30. The molecule has 2 aliphatic heterocycles. The Morgan fingerprint density at radius 2 is 2.26 bits per heavy atom. The molecule has 1 N–H and O–H groups in total. The smallest absolute Gasteiger partial charge is 0.131 e. The lowest BCUT2D eigenvalue weighted by Crippen LogP contribution is -2.53. The van der Waals surface area contributed by atoms with Crippen LogP contribution in [0.1, 0.15) is 24.5 Å². The fourth-order valence-electron chi connectivity index (χ4n) is 4.15. The van der Waals surface area contributed by atoms with Gasteiger partial charge in [0, 0.05) is 11.6 Å². The number of rotatable bonds is 0. The summed E-state index contributed by atoms with van der Waals surface area (Å²) in [6, 6.07) is 6.85. The summed E-state index contributed by atoms with van der Waals surface area (Å²) in [5, 5.41) is 3.58. The molecule has 1 aromatic carbocycles. The molecule has 0 aromatic heterocycles. The minimum atomic E-state index is 0.0695. The van der Waals surface area contributed by atoms with Crippen molar-refractivity contribution >= 4 is 0 Å². The van der Waals surface area contributed by atoms with E-state index in [1.165, 1.54) is 16.7 Å². The Morgan fingerprint density at radius 3 is 3.16 bits per heavy atom. The van der Waals surface area contributed by atoms with E-state index in [1.807, 2.05) is 0 Å². The third-order valence-corrected chi connectivity index (χ3v) is 4.93. The average molecular weight is 253 g/mol. The SMILES string of the molecule is Cc1cccc2c1C13CCNC(C)C1=CC=CC3O2. The third-order valence-electron chi connectivity index (χ3n) is 4.93. The lowest BCUT2D eigenvalue weighted by molar-refractivity contribution is 0.183. The van der Waals surface area contributed by atoms with Crippen molar-refractivity contribution in [2.75, 3.05) is 6.54 Å². The molecular formula is C17H19NO. The molecule has 1 saturated heterocycles. The van der Waals surface area contributed by atoms with Gasteiger partial charge in [0.1, 0.15) is 11.9 Å². The Labute approximate surface area is 114 Å². The number of ether oxygens (including phenoxy) is 1. The van der Waals surface area contributed by atoms with Gasteiger partial charge in [-0.2, -0.15) is 0 Å². The predicted octanol–water partition coefficient (Wildman–Crippen LogP) is 2.87. The zero-order valence-corrected chi connectivity index (χ0v) is 11.4. The number of hydrogen-bond acceptors (Lipinski definition) is 2. The van der Waals surface area contributed by atoms with Crippen LogP contribution in [0.4, 0.5) is 0 Å². The topological polar surface area (TPSA) is 21.3 Å². The van der Waals surface area contributed by atoms with E-state index in [0.717, 1.165) is 18.7 Å². The van der Waals surface area contributed by atoms with Gasteiger partial charge >= 0.3 is 0 Å². The van der Waals surface area contributed by atoms with Crippen LogP contribution in [0.25, 0.3) is 0 Å². The fraction of sp³-hybridized carbons (Fsp3) is 0.412. The molecule has 0 amide bonds. The van der Waals surface area contributed by atoms with Gasteiger partial charge in [-0.05, 0) is 50.1 Å². The number of nitrogens with one attached hydrogen (secondary N) is 1. The first-order valence-corrected chi connectivity index (χ1v) is 7.12. The van der Waals surface area contributed by atoms with E-state index in [9.17, 15) is 0 Å². The Bertz CT molecular complexity index is 601. The molecule has 2 heteroatoms. The second-order valence-electron chi connectivity index (χ2n) is 5.89. The molecule has 2 nitrogen and oxygen atoms in total. The van der Waals surface area contributed by atoms with Gasteiger partial charge in [-0.15, -0.1) is 0 Å². The van der Waals surface area contributed by atoms with Gasteiger partial charge in [-0.25, -0.2) is 0 Å². The molecule has 3 aliphatic rings. The highest BCUT2D eigenvalue weighted by atomic mass is 16.5. The molecule has 1 fully saturated rings. The van der Waals surface area contributed by atoms with E-state index < -0.39 is 0 Å². The summed E-state index contributed by atoms with van der Waals surface area (Å²) >= 11 is 0. The fourth-order valence-corrected chi connectivity index (χ4v) is 4.15. The Hall–Kier alpha value is -1.54. The summed E-state index contributed by atoms with van der Waals surface area (Å²) in [4.78, 5) is 0. The summed E-state index contributed by atoms with van der Waals surface area (Å²) in [6.07, 6.45) is 7.96. The zero-order chi connectivity index (χ0) is 13.0. The quantitative estimate of drug-likeness (QED) is 0.767. The van der Waals surface area contributed by atoms with Crippen molar-refractivity contribution in [3.63, 3.8) is 0 Å². The van der Waals surface area contributed by atoms with Gasteiger partial charge in [-0.1, -0.05) is 24.3 Å². The highest BCUT2D eigenvalue weighted by molar-refractivity contribution is 5.59. The van der Waals surface area contributed by atoms with E-state index in [-0.39, 0.29) is 11.5 Å². The molecule has 0 radical (unpaired) electrons.